The Balaban J connectivity index is 2.39. The summed E-state index contributed by atoms with van der Waals surface area (Å²) in [5.41, 5.74) is 7.75. The smallest absolute Gasteiger partial charge is 0.241 e. The van der Waals surface area contributed by atoms with Crippen LogP contribution in [0.1, 0.15) is 44.2 Å². The Morgan fingerprint density at radius 1 is 1.30 bits per heavy atom. The van der Waals surface area contributed by atoms with Crippen LogP contribution in [-0.4, -0.2) is 14.5 Å². The van der Waals surface area contributed by atoms with Crippen molar-refractivity contribution in [2.75, 3.05) is 5.73 Å². The van der Waals surface area contributed by atoms with Crippen LogP contribution in [0, 0.1) is 19.3 Å². The fraction of sp³-hybridized carbons (Fsp3) is 0.600. The maximum Gasteiger partial charge on any atom is 0.241 e. The minimum absolute atomic E-state index is 0.00673. The van der Waals surface area contributed by atoms with E-state index >= 15 is 0 Å². The number of aryl methyl sites for hydroxylation is 1. The highest BCUT2D eigenvalue weighted by atomic mass is 32.2. The van der Waals surface area contributed by atoms with E-state index in [-0.39, 0.29) is 11.5 Å². The van der Waals surface area contributed by atoms with Crippen molar-refractivity contribution in [2.24, 2.45) is 5.41 Å². The van der Waals surface area contributed by atoms with Crippen molar-refractivity contribution in [1.29, 1.82) is 0 Å². The van der Waals surface area contributed by atoms with Gasteiger partial charge < -0.3 is 5.73 Å². The van der Waals surface area contributed by atoms with Crippen LogP contribution in [0.15, 0.2) is 17.0 Å². The maximum atomic E-state index is 12.7. The maximum absolute atomic E-state index is 12.7. The Morgan fingerprint density at radius 2 is 1.95 bits per heavy atom. The molecular weight excluding hydrogens is 272 g/mol. The van der Waals surface area contributed by atoms with Gasteiger partial charge in [0.1, 0.15) is 0 Å². The zero-order valence-corrected chi connectivity index (χ0v) is 13.5. The van der Waals surface area contributed by atoms with E-state index in [4.69, 9.17) is 5.73 Å². The second-order valence-corrected chi connectivity index (χ2v) is 8.13. The van der Waals surface area contributed by atoms with E-state index < -0.39 is 10.0 Å². The molecule has 0 radical (unpaired) electrons. The van der Waals surface area contributed by atoms with Crippen LogP contribution in [0.25, 0.3) is 0 Å². The normalized spacial score (nSPS) is 22.1. The number of rotatable bonds is 3. The third-order valence-electron chi connectivity index (χ3n) is 4.47. The quantitative estimate of drug-likeness (QED) is 0.842. The largest absolute Gasteiger partial charge is 0.398 e. The van der Waals surface area contributed by atoms with E-state index in [0.717, 1.165) is 24.8 Å². The summed E-state index contributed by atoms with van der Waals surface area (Å²) in [7, 11) is -3.53. The molecule has 1 fully saturated rings. The van der Waals surface area contributed by atoms with Crippen molar-refractivity contribution < 1.29 is 8.42 Å². The Kier molecular flexibility index (Phi) is 3.86. The van der Waals surface area contributed by atoms with Crippen molar-refractivity contribution in [2.45, 2.75) is 57.9 Å². The monoisotopic (exact) mass is 296 g/mol. The minimum atomic E-state index is -3.53. The molecule has 0 bridgehead atoms. The molecule has 0 aromatic heterocycles. The lowest BCUT2D eigenvalue weighted by molar-refractivity contribution is 0.313. The van der Waals surface area contributed by atoms with Gasteiger partial charge in [-0.1, -0.05) is 26.3 Å². The molecule has 1 unspecified atom stereocenters. The molecule has 1 saturated carbocycles. The number of sulfonamides is 1. The topological polar surface area (TPSA) is 72.2 Å². The standard InChI is InChI=1S/C15H24N2O2S/c1-10-7-8-12(16)11(2)14(10)20(18,19)17-13-6-5-9-15(13,3)4/h7-8,13,17H,5-6,9,16H2,1-4H3. The van der Waals surface area contributed by atoms with Gasteiger partial charge in [0.15, 0.2) is 0 Å². The molecule has 20 heavy (non-hydrogen) atoms. The number of hydrogen-bond donors (Lipinski definition) is 2. The van der Waals surface area contributed by atoms with Gasteiger partial charge in [0.2, 0.25) is 10.0 Å². The Hall–Kier alpha value is -1.07. The molecule has 112 valence electrons. The average Bonchev–Trinajstić information content (AvgIpc) is 2.63. The van der Waals surface area contributed by atoms with E-state index in [2.05, 4.69) is 18.6 Å². The lowest BCUT2D eigenvalue weighted by Crippen LogP contribution is -2.41. The SMILES string of the molecule is Cc1ccc(N)c(C)c1S(=O)(=O)NC1CCCC1(C)C. The summed E-state index contributed by atoms with van der Waals surface area (Å²) in [5, 5.41) is 0. The fourth-order valence-corrected chi connectivity index (χ4v) is 4.99. The van der Waals surface area contributed by atoms with Crippen LogP contribution in [0.2, 0.25) is 0 Å². The number of anilines is 1. The summed E-state index contributed by atoms with van der Waals surface area (Å²) >= 11 is 0. The molecule has 2 rings (SSSR count). The molecule has 0 spiro atoms. The van der Waals surface area contributed by atoms with Gasteiger partial charge in [0.05, 0.1) is 4.90 Å². The van der Waals surface area contributed by atoms with E-state index in [1.807, 2.05) is 0 Å². The molecule has 3 N–H and O–H groups in total. The van der Waals surface area contributed by atoms with Crippen LogP contribution in [0.4, 0.5) is 5.69 Å². The molecule has 1 aliphatic rings. The number of nitrogens with one attached hydrogen (secondary N) is 1. The van der Waals surface area contributed by atoms with Crippen molar-refractivity contribution in [3.8, 4) is 0 Å². The van der Waals surface area contributed by atoms with Crippen LogP contribution in [0.5, 0.6) is 0 Å². The highest BCUT2D eigenvalue weighted by Crippen LogP contribution is 2.38. The van der Waals surface area contributed by atoms with E-state index in [9.17, 15) is 8.42 Å². The highest BCUT2D eigenvalue weighted by Gasteiger charge is 2.37. The van der Waals surface area contributed by atoms with Gasteiger partial charge in [0, 0.05) is 11.7 Å². The number of benzene rings is 1. The molecule has 5 heteroatoms. The summed E-state index contributed by atoms with van der Waals surface area (Å²) in [6.07, 6.45) is 3.01. The predicted molar refractivity (Wildman–Crippen MR) is 82.1 cm³/mol. The zero-order chi connectivity index (χ0) is 15.1. The van der Waals surface area contributed by atoms with Gasteiger partial charge in [-0.2, -0.15) is 0 Å². The first-order valence-electron chi connectivity index (χ1n) is 7.03. The summed E-state index contributed by atoms with van der Waals surface area (Å²) in [4.78, 5) is 0.334. The third-order valence-corrected chi connectivity index (χ3v) is 6.23. The van der Waals surface area contributed by atoms with Crippen molar-refractivity contribution in [3.05, 3.63) is 23.3 Å². The molecule has 0 saturated heterocycles. The molecular formula is C15H24N2O2S. The van der Waals surface area contributed by atoms with Crippen molar-refractivity contribution in [3.63, 3.8) is 0 Å². The molecule has 1 aromatic carbocycles. The van der Waals surface area contributed by atoms with E-state index in [1.165, 1.54) is 0 Å². The molecule has 1 atom stereocenters. The summed E-state index contributed by atoms with van der Waals surface area (Å²) < 4.78 is 28.3. The van der Waals surface area contributed by atoms with Gasteiger partial charge in [-0.05, 0) is 49.3 Å². The van der Waals surface area contributed by atoms with Gasteiger partial charge in [-0.15, -0.1) is 0 Å². The van der Waals surface area contributed by atoms with Gasteiger partial charge in [0.25, 0.3) is 0 Å². The molecule has 0 amide bonds. The van der Waals surface area contributed by atoms with Crippen molar-refractivity contribution in [1.82, 2.24) is 4.72 Å². The summed E-state index contributed by atoms with van der Waals surface area (Å²) in [6.45, 7) is 7.80. The molecule has 1 aromatic rings. The lowest BCUT2D eigenvalue weighted by Gasteiger charge is -2.28. The van der Waals surface area contributed by atoms with Gasteiger partial charge >= 0.3 is 0 Å². The van der Waals surface area contributed by atoms with Gasteiger partial charge in [-0.25, -0.2) is 13.1 Å². The van der Waals surface area contributed by atoms with Crippen LogP contribution >= 0.6 is 0 Å². The van der Waals surface area contributed by atoms with Crippen LogP contribution in [0.3, 0.4) is 0 Å². The van der Waals surface area contributed by atoms with Crippen LogP contribution in [-0.2, 0) is 10.0 Å². The average molecular weight is 296 g/mol. The first-order chi connectivity index (χ1) is 9.15. The Bertz CT molecular complexity index is 621. The third kappa shape index (κ3) is 2.69. The van der Waals surface area contributed by atoms with E-state index in [0.29, 0.717) is 16.1 Å². The zero-order valence-electron chi connectivity index (χ0n) is 12.7. The summed E-state index contributed by atoms with van der Waals surface area (Å²) in [6, 6.07) is 3.51. The van der Waals surface area contributed by atoms with Gasteiger partial charge in [-0.3, -0.25) is 0 Å². The fourth-order valence-electron chi connectivity index (χ4n) is 3.05. The highest BCUT2D eigenvalue weighted by molar-refractivity contribution is 7.89. The number of hydrogen-bond acceptors (Lipinski definition) is 3. The summed E-state index contributed by atoms with van der Waals surface area (Å²) in [5.74, 6) is 0. The molecule has 0 heterocycles. The Labute approximate surface area is 121 Å². The number of nitrogens with two attached hydrogens (primary N) is 1. The molecule has 1 aliphatic carbocycles. The molecule has 0 aliphatic heterocycles. The Morgan fingerprint density at radius 3 is 2.50 bits per heavy atom. The minimum Gasteiger partial charge on any atom is -0.398 e. The van der Waals surface area contributed by atoms with E-state index in [1.54, 1.807) is 26.0 Å². The predicted octanol–water partition coefficient (Wildman–Crippen LogP) is 2.74. The first kappa shape index (κ1) is 15.3. The molecule has 4 nitrogen and oxygen atoms in total. The number of nitrogen functional groups attached to an aromatic ring is 1. The second kappa shape index (κ2) is 5.04. The van der Waals surface area contributed by atoms with Crippen LogP contribution < -0.4 is 10.5 Å². The second-order valence-electron chi connectivity index (χ2n) is 6.48. The lowest BCUT2D eigenvalue weighted by atomic mass is 9.88. The first-order valence-corrected chi connectivity index (χ1v) is 8.51. The van der Waals surface area contributed by atoms with Crippen molar-refractivity contribution >= 4 is 15.7 Å².